The van der Waals surface area contributed by atoms with Crippen LogP contribution in [-0.2, 0) is 0 Å². The molecule has 3 fully saturated rings. The molecule has 0 spiro atoms. The van der Waals surface area contributed by atoms with Crippen LogP contribution < -0.4 is 0 Å². The first kappa shape index (κ1) is 14.8. The Balaban J connectivity index is 1.91. The molecule has 0 unspecified atom stereocenters. The van der Waals surface area contributed by atoms with Crippen LogP contribution in [0.1, 0.15) is 38.7 Å². The second kappa shape index (κ2) is 4.96. The summed E-state index contributed by atoms with van der Waals surface area (Å²) >= 11 is 0. The Kier molecular flexibility index (Phi) is 3.50. The maximum absolute atomic E-state index is 11.0. The van der Waals surface area contributed by atoms with Crippen molar-refractivity contribution in [3.05, 3.63) is 42.5 Å². The molecule has 0 amide bonds. The van der Waals surface area contributed by atoms with Crippen molar-refractivity contribution in [2.75, 3.05) is 6.61 Å². The van der Waals surface area contributed by atoms with Gasteiger partial charge in [0.1, 0.15) is 0 Å². The van der Waals surface area contributed by atoms with Crippen molar-refractivity contribution >= 4 is 5.57 Å². The van der Waals surface area contributed by atoms with Gasteiger partial charge in [0.2, 0.25) is 0 Å². The first-order valence-corrected chi connectivity index (χ1v) is 7.96. The maximum atomic E-state index is 11.0. The summed E-state index contributed by atoms with van der Waals surface area (Å²) in [6, 6.07) is 9.85. The molecule has 2 N–H and O–H groups in total. The fraction of sp³-hybridized carbons (Fsp3) is 0.579. The lowest BCUT2D eigenvalue weighted by molar-refractivity contribution is -0.200. The maximum Gasteiger partial charge on any atom is 0.0871 e. The topological polar surface area (TPSA) is 40.5 Å². The standard InChI is InChI=1S/C19H26O2/c1-13(14-7-5-4-6-8-14)17(21)19(12-20)10-9-15-11-16(19)18(15,2)3/h4-8,15-17,20-21H,1,9-12H2,2-3H3/t15-,16+,17-,19+/m0/s1. The van der Waals surface area contributed by atoms with Crippen LogP contribution in [-0.4, -0.2) is 22.9 Å². The molecule has 3 aliphatic carbocycles. The highest BCUT2D eigenvalue weighted by Gasteiger charge is 2.63. The number of aliphatic hydroxyl groups excluding tert-OH is 2. The number of aliphatic hydroxyl groups is 2. The van der Waals surface area contributed by atoms with Crippen LogP contribution in [0.2, 0.25) is 0 Å². The van der Waals surface area contributed by atoms with Gasteiger partial charge >= 0.3 is 0 Å². The second-order valence-electron chi connectivity index (χ2n) is 7.53. The summed E-state index contributed by atoms with van der Waals surface area (Å²) in [5, 5.41) is 21.1. The van der Waals surface area contributed by atoms with Crippen LogP contribution in [0.5, 0.6) is 0 Å². The Labute approximate surface area is 127 Å². The highest BCUT2D eigenvalue weighted by molar-refractivity contribution is 5.67. The van der Waals surface area contributed by atoms with E-state index in [0.29, 0.717) is 5.92 Å². The van der Waals surface area contributed by atoms with Crippen LogP contribution in [0.15, 0.2) is 36.9 Å². The number of fused-ring (bicyclic) bond motifs is 2. The first-order valence-electron chi connectivity index (χ1n) is 7.96. The molecule has 21 heavy (non-hydrogen) atoms. The molecule has 0 radical (unpaired) electrons. The minimum absolute atomic E-state index is 0.0425. The number of rotatable bonds is 4. The Morgan fingerprint density at radius 1 is 1.33 bits per heavy atom. The molecule has 1 aromatic carbocycles. The highest BCUT2D eigenvalue weighted by Crippen LogP contribution is 2.67. The third-order valence-corrected chi connectivity index (χ3v) is 6.44. The van der Waals surface area contributed by atoms with Crippen LogP contribution in [0.25, 0.3) is 5.57 Å². The van der Waals surface area contributed by atoms with E-state index in [-0.39, 0.29) is 12.0 Å². The van der Waals surface area contributed by atoms with E-state index in [2.05, 4.69) is 20.4 Å². The lowest BCUT2D eigenvalue weighted by Crippen LogP contribution is -2.63. The Bertz CT molecular complexity index is 532. The zero-order valence-electron chi connectivity index (χ0n) is 13.0. The second-order valence-corrected chi connectivity index (χ2v) is 7.53. The van der Waals surface area contributed by atoms with Crippen molar-refractivity contribution in [2.45, 2.75) is 39.2 Å². The predicted molar refractivity (Wildman–Crippen MR) is 85.6 cm³/mol. The quantitative estimate of drug-likeness (QED) is 0.889. The molecule has 114 valence electrons. The van der Waals surface area contributed by atoms with Gasteiger partial charge in [-0.05, 0) is 47.6 Å². The van der Waals surface area contributed by atoms with Crippen LogP contribution in [0, 0.1) is 22.7 Å². The minimum Gasteiger partial charge on any atom is -0.396 e. The smallest absolute Gasteiger partial charge is 0.0871 e. The monoisotopic (exact) mass is 286 g/mol. The van der Waals surface area contributed by atoms with Gasteiger partial charge in [-0.15, -0.1) is 0 Å². The minimum atomic E-state index is -0.671. The van der Waals surface area contributed by atoms with Crippen LogP contribution >= 0.6 is 0 Å². The lowest BCUT2D eigenvalue weighted by atomic mass is 9.39. The molecule has 1 aromatic rings. The largest absolute Gasteiger partial charge is 0.396 e. The summed E-state index contributed by atoms with van der Waals surface area (Å²) < 4.78 is 0. The van der Waals surface area contributed by atoms with Gasteiger partial charge in [0.15, 0.2) is 0 Å². The fourth-order valence-corrected chi connectivity index (χ4v) is 4.86. The summed E-state index contributed by atoms with van der Waals surface area (Å²) in [4.78, 5) is 0. The van der Waals surface area contributed by atoms with E-state index in [1.165, 1.54) is 0 Å². The SMILES string of the molecule is C=C(c1ccccc1)[C@H](O)[C@@]1(CO)CC[C@H]2C[C@@H]1C2(C)C. The molecule has 2 heteroatoms. The van der Waals surface area contributed by atoms with Crippen molar-refractivity contribution in [1.29, 1.82) is 0 Å². The molecule has 0 aromatic heterocycles. The Morgan fingerprint density at radius 3 is 2.52 bits per heavy atom. The zero-order chi connectivity index (χ0) is 15.3. The van der Waals surface area contributed by atoms with E-state index in [1.54, 1.807) is 0 Å². The van der Waals surface area contributed by atoms with E-state index >= 15 is 0 Å². The highest BCUT2D eigenvalue weighted by atomic mass is 16.3. The molecule has 2 bridgehead atoms. The van der Waals surface area contributed by atoms with Gasteiger partial charge in [-0.1, -0.05) is 50.8 Å². The summed E-state index contributed by atoms with van der Waals surface area (Å²) in [6.45, 7) is 8.74. The molecule has 3 saturated carbocycles. The third-order valence-electron chi connectivity index (χ3n) is 6.44. The number of hydrogen-bond acceptors (Lipinski definition) is 2. The normalized spacial score (nSPS) is 34.9. The van der Waals surface area contributed by atoms with E-state index in [4.69, 9.17) is 0 Å². The average Bonchev–Trinajstić information content (AvgIpc) is 2.53. The first-order chi connectivity index (χ1) is 9.93. The molecule has 0 saturated heterocycles. The summed E-state index contributed by atoms with van der Waals surface area (Å²) in [5.74, 6) is 1.13. The lowest BCUT2D eigenvalue weighted by Gasteiger charge is -2.66. The van der Waals surface area contributed by atoms with Crippen molar-refractivity contribution < 1.29 is 10.2 Å². The van der Waals surface area contributed by atoms with Gasteiger partial charge in [-0.25, -0.2) is 0 Å². The zero-order valence-corrected chi connectivity index (χ0v) is 13.0. The summed E-state index contributed by atoms with van der Waals surface area (Å²) in [5.41, 5.74) is 1.51. The van der Waals surface area contributed by atoms with Gasteiger partial charge < -0.3 is 10.2 Å². The van der Waals surface area contributed by atoms with Crippen molar-refractivity contribution in [1.82, 2.24) is 0 Å². The van der Waals surface area contributed by atoms with Crippen LogP contribution in [0.3, 0.4) is 0 Å². The number of hydrogen-bond donors (Lipinski definition) is 2. The third kappa shape index (κ3) is 2.00. The molecule has 4 atom stereocenters. The summed E-state index contributed by atoms with van der Waals surface area (Å²) in [7, 11) is 0. The summed E-state index contributed by atoms with van der Waals surface area (Å²) in [6.07, 6.45) is 2.46. The molecule has 2 nitrogen and oxygen atoms in total. The van der Waals surface area contributed by atoms with Gasteiger partial charge in [-0.3, -0.25) is 0 Å². The van der Waals surface area contributed by atoms with Gasteiger partial charge in [0.05, 0.1) is 12.7 Å². The molecule has 0 heterocycles. The Hall–Kier alpha value is -1.12. The van der Waals surface area contributed by atoms with Gasteiger partial charge in [-0.2, -0.15) is 0 Å². The van der Waals surface area contributed by atoms with Gasteiger partial charge in [0, 0.05) is 5.41 Å². The molecule has 0 aliphatic heterocycles. The van der Waals surface area contributed by atoms with Crippen molar-refractivity contribution in [2.24, 2.45) is 22.7 Å². The van der Waals surface area contributed by atoms with E-state index in [9.17, 15) is 10.2 Å². The van der Waals surface area contributed by atoms with Crippen molar-refractivity contribution in [3.8, 4) is 0 Å². The van der Waals surface area contributed by atoms with Crippen molar-refractivity contribution in [3.63, 3.8) is 0 Å². The number of benzene rings is 1. The van der Waals surface area contributed by atoms with E-state index in [0.717, 1.165) is 36.3 Å². The van der Waals surface area contributed by atoms with E-state index in [1.807, 2.05) is 30.3 Å². The molecular formula is C19H26O2. The van der Waals surface area contributed by atoms with Crippen LogP contribution in [0.4, 0.5) is 0 Å². The molecular weight excluding hydrogens is 260 g/mol. The van der Waals surface area contributed by atoms with Gasteiger partial charge in [0.25, 0.3) is 0 Å². The Morgan fingerprint density at radius 2 is 2.00 bits per heavy atom. The molecule has 4 rings (SSSR count). The fourth-order valence-electron chi connectivity index (χ4n) is 4.86. The average molecular weight is 286 g/mol. The van der Waals surface area contributed by atoms with E-state index < -0.39 is 11.5 Å². The predicted octanol–water partition coefficient (Wildman–Crippen LogP) is 3.50. The molecule has 3 aliphatic rings.